The van der Waals surface area contributed by atoms with Crippen molar-refractivity contribution in [1.29, 1.82) is 0 Å². The van der Waals surface area contributed by atoms with E-state index in [0.717, 1.165) is 0 Å². The van der Waals surface area contributed by atoms with Crippen LogP contribution in [0.4, 0.5) is 0 Å². The summed E-state index contributed by atoms with van der Waals surface area (Å²) < 4.78 is 0. The smallest absolute Gasteiger partial charge is 0.0328 e. The second-order valence-corrected chi connectivity index (χ2v) is 5.38. The van der Waals surface area contributed by atoms with Gasteiger partial charge in [0.15, 0.2) is 0 Å². The molecule has 0 nitrogen and oxygen atoms in total. The zero-order valence-corrected chi connectivity index (χ0v) is 9.50. The van der Waals surface area contributed by atoms with Crippen LogP contribution in [-0.2, 0) is 0 Å². The first-order chi connectivity index (χ1) is 3.85. The molecule has 0 aliphatic rings. The van der Waals surface area contributed by atoms with E-state index >= 15 is 0 Å². The summed E-state index contributed by atoms with van der Waals surface area (Å²) in [6, 6.07) is 0. The molecule has 54 valence electrons. The SMILES string of the molecule is CC([SiH3])=C(C)C(C)(C)C. The van der Waals surface area contributed by atoms with Crippen molar-refractivity contribution in [3.05, 3.63) is 10.8 Å². The molecule has 0 aromatic rings. The normalized spacial score (nSPS) is 15.7. The maximum absolute atomic E-state index is 2.27. The van der Waals surface area contributed by atoms with Crippen molar-refractivity contribution < 1.29 is 0 Å². The van der Waals surface area contributed by atoms with Gasteiger partial charge in [0.05, 0.1) is 0 Å². The van der Waals surface area contributed by atoms with E-state index in [-0.39, 0.29) is 0 Å². The fourth-order valence-corrected chi connectivity index (χ4v) is 1.50. The Morgan fingerprint density at radius 3 is 1.44 bits per heavy atom. The third-order valence-electron chi connectivity index (χ3n) is 1.88. The highest BCUT2D eigenvalue weighted by Crippen LogP contribution is 2.25. The Balaban J connectivity index is 4.40. The van der Waals surface area contributed by atoms with Crippen LogP contribution in [0.1, 0.15) is 34.6 Å². The van der Waals surface area contributed by atoms with E-state index < -0.39 is 0 Å². The van der Waals surface area contributed by atoms with Gasteiger partial charge in [-0.1, -0.05) is 31.5 Å². The lowest BCUT2D eigenvalue weighted by Gasteiger charge is -2.21. The summed E-state index contributed by atoms with van der Waals surface area (Å²) in [5.74, 6) is 0. The van der Waals surface area contributed by atoms with Crippen LogP contribution in [0.25, 0.3) is 0 Å². The maximum Gasteiger partial charge on any atom is 0.0328 e. The topological polar surface area (TPSA) is 0 Å². The Bertz CT molecular complexity index is 122. The highest BCUT2D eigenvalue weighted by atomic mass is 28.1. The molecule has 0 radical (unpaired) electrons. The Morgan fingerprint density at radius 1 is 1.11 bits per heavy atom. The van der Waals surface area contributed by atoms with E-state index in [1.807, 2.05) is 0 Å². The summed E-state index contributed by atoms with van der Waals surface area (Å²) in [5.41, 5.74) is 1.96. The zero-order valence-electron chi connectivity index (χ0n) is 7.50. The largest absolute Gasteiger partial charge is 0.0953 e. The predicted octanol–water partition coefficient (Wildman–Crippen LogP) is 1.69. The molecule has 0 heterocycles. The van der Waals surface area contributed by atoms with Crippen LogP contribution < -0.4 is 0 Å². The second-order valence-electron chi connectivity index (χ2n) is 3.88. The molecule has 0 rings (SSSR count). The minimum absolute atomic E-state index is 0.395. The Labute approximate surface area is 61.8 Å². The van der Waals surface area contributed by atoms with Crippen molar-refractivity contribution in [3.63, 3.8) is 0 Å². The van der Waals surface area contributed by atoms with Crippen LogP contribution in [0.5, 0.6) is 0 Å². The van der Waals surface area contributed by atoms with Gasteiger partial charge in [-0.15, -0.1) is 0 Å². The molecule has 0 N–H and O–H groups in total. The van der Waals surface area contributed by atoms with Gasteiger partial charge < -0.3 is 0 Å². The molecule has 0 unspecified atom stereocenters. The number of hydrogen-bond donors (Lipinski definition) is 0. The molecule has 0 aliphatic carbocycles. The standard InChI is InChI=1S/C8H18Si/c1-6(7(2)9)8(3,4)5/h1-5,9H3. The van der Waals surface area contributed by atoms with Gasteiger partial charge in [-0.2, -0.15) is 0 Å². The van der Waals surface area contributed by atoms with Gasteiger partial charge in [0.2, 0.25) is 0 Å². The van der Waals surface area contributed by atoms with Crippen molar-refractivity contribution >= 4 is 10.2 Å². The molecule has 0 spiro atoms. The average molecular weight is 142 g/mol. The summed E-state index contributed by atoms with van der Waals surface area (Å²) >= 11 is 0. The molecular formula is C8H18Si. The highest BCUT2D eigenvalue weighted by Gasteiger charge is 2.12. The predicted molar refractivity (Wildman–Crippen MR) is 47.8 cm³/mol. The van der Waals surface area contributed by atoms with Crippen LogP contribution in [0, 0.1) is 5.41 Å². The van der Waals surface area contributed by atoms with Crippen LogP contribution in [0.15, 0.2) is 10.8 Å². The fraction of sp³-hybridized carbons (Fsp3) is 0.750. The van der Waals surface area contributed by atoms with E-state index in [1.54, 1.807) is 10.8 Å². The van der Waals surface area contributed by atoms with E-state index in [9.17, 15) is 0 Å². The molecule has 0 saturated heterocycles. The zero-order chi connectivity index (χ0) is 7.65. The number of hydrogen-bond acceptors (Lipinski definition) is 0. The summed E-state index contributed by atoms with van der Waals surface area (Å²) in [7, 11) is 1.21. The van der Waals surface area contributed by atoms with Gasteiger partial charge in [0.1, 0.15) is 0 Å². The molecule has 9 heavy (non-hydrogen) atoms. The second kappa shape index (κ2) is 2.69. The van der Waals surface area contributed by atoms with Gasteiger partial charge >= 0.3 is 0 Å². The molecular weight excluding hydrogens is 124 g/mol. The van der Waals surface area contributed by atoms with Gasteiger partial charge in [-0.05, 0) is 19.3 Å². The van der Waals surface area contributed by atoms with Crippen molar-refractivity contribution in [2.75, 3.05) is 0 Å². The maximum atomic E-state index is 2.27. The summed E-state index contributed by atoms with van der Waals surface area (Å²) in [5, 5.41) is 1.59. The monoisotopic (exact) mass is 142 g/mol. The fourth-order valence-electron chi connectivity index (χ4n) is 0.750. The third-order valence-corrected chi connectivity index (χ3v) is 2.62. The lowest BCUT2D eigenvalue weighted by atomic mass is 9.87. The van der Waals surface area contributed by atoms with Gasteiger partial charge in [-0.25, -0.2) is 0 Å². The van der Waals surface area contributed by atoms with Gasteiger partial charge in [0.25, 0.3) is 0 Å². The van der Waals surface area contributed by atoms with Crippen LogP contribution in [-0.4, -0.2) is 10.2 Å². The quantitative estimate of drug-likeness (QED) is 0.452. The molecule has 0 atom stereocenters. The van der Waals surface area contributed by atoms with Crippen molar-refractivity contribution in [1.82, 2.24) is 0 Å². The average Bonchev–Trinajstić information content (AvgIpc) is 1.62. The Morgan fingerprint density at radius 2 is 1.44 bits per heavy atom. The Kier molecular flexibility index (Phi) is 2.68. The summed E-state index contributed by atoms with van der Waals surface area (Å²) in [6.45, 7) is 11.3. The highest BCUT2D eigenvalue weighted by molar-refractivity contribution is 6.21. The molecule has 1 heteroatoms. The van der Waals surface area contributed by atoms with Crippen LogP contribution in [0.3, 0.4) is 0 Å². The molecule has 0 aliphatic heterocycles. The van der Waals surface area contributed by atoms with Crippen molar-refractivity contribution in [3.8, 4) is 0 Å². The van der Waals surface area contributed by atoms with Crippen molar-refractivity contribution in [2.45, 2.75) is 34.6 Å². The van der Waals surface area contributed by atoms with E-state index in [4.69, 9.17) is 0 Å². The lowest BCUT2D eigenvalue weighted by molar-refractivity contribution is 0.501. The van der Waals surface area contributed by atoms with E-state index in [0.29, 0.717) is 5.41 Å². The first-order valence-electron chi connectivity index (χ1n) is 3.50. The lowest BCUT2D eigenvalue weighted by Crippen LogP contribution is -2.08. The minimum atomic E-state index is 0.395. The summed E-state index contributed by atoms with van der Waals surface area (Å²) in [6.07, 6.45) is 0. The van der Waals surface area contributed by atoms with E-state index in [1.165, 1.54) is 10.2 Å². The number of rotatable bonds is 0. The molecule has 0 aromatic carbocycles. The molecule has 0 saturated carbocycles. The molecule has 0 amide bonds. The van der Waals surface area contributed by atoms with E-state index in [2.05, 4.69) is 34.6 Å². The van der Waals surface area contributed by atoms with Crippen LogP contribution >= 0.6 is 0 Å². The molecule has 0 bridgehead atoms. The van der Waals surface area contributed by atoms with Gasteiger partial charge in [-0.3, -0.25) is 0 Å². The first kappa shape index (κ1) is 8.96. The molecule has 0 aromatic heterocycles. The first-order valence-corrected chi connectivity index (χ1v) is 4.50. The summed E-state index contributed by atoms with van der Waals surface area (Å²) in [4.78, 5) is 0. The van der Waals surface area contributed by atoms with Crippen LogP contribution in [0.2, 0.25) is 0 Å². The minimum Gasteiger partial charge on any atom is -0.0953 e. The Hall–Kier alpha value is -0.0431. The van der Waals surface area contributed by atoms with Gasteiger partial charge in [0, 0.05) is 10.2 Å². The molecule has 0 fully saturated rings. The third kappa shape index (κ3) is 2.85. The van der Waals surface area contributed by atoms with Crippen molar-refractivity contribution in [2.24, 2.45) is 5.41 Å². The number of allylic oxidation sites excluding steroid dienone is 2.